The Labute approximate surface area is 161 Å². The van der Waals surface area contributed by atoms with Crippen LogP contribution in [-0.2, 0) is 12.0 Å². The maximum absolute atomic E-state index is 4.34. The van der Waals surface area contributed by atoms with E-state index in [1.165, 1.54) is 11.1 Å². The van der Waals surface area contributed by atoms with E-state index in [2.05, 4.69) is 83.1 Å². The van der Waals surface area contributed by atoms with Crippen molar-refractivity contribution in [2.45, 2.75) is 25.8 Å². The van der Waals surface area contributed by atoms with Crippen molar-refractivity contribution in [2.75, 3.05) is 13.6 Å². The highest BCUT2D eigenvalue weighted by molar-refractivity contribution is 5.79. The summed E-state index contributed by atoms with van der Waals surface area (Å²) in [6.07, 6.45) is 3.72. The van der Waals surface area contributed by atoms with E-state index in [-0.39, 0.29) is 5.41 Å². The number of nitrogens with one attached hydrogen (secondary N) is 2. The smallest absolute Gasteiger partial charge is 0.191 e. The molecule has 1 heterocycles. The molecule has 0 aliphatic rings. The zero-order chi connectivity index (χ0) is 19.1. The Morgan fingerprint density at radius 2 is 1.74 bits per heavy atom. The van der Waals surface area contributed by atoms with Gasteiger partial charge in [-0.05, 0) is 29.3 Å². The fourth-order valence-electron chi connectivity index (χ4n) is 2.89. The molecule has 1 aromatic heterocycles. The molecule has 2 aromatic carbocycles. The van der Waals surface area contributed by atoms with Crippen molar-refractivity contribution in [3.05, 3.63) is 84.2 Å². The second-order valence-electron chi connectivity index (χ2n) is 7.15. The lowest BCUT2D eigenvalue weighted by Gasteiger charge is -2.26. The van der Waals surface area contributed by atoms with Crippen LogP contribution in [0, 0.1) is 0 Å². The first-order valence-corrected chi connectivity index (χ1v) is 9.17. The van der Waals surface area contributed by atoms with Gasteiger partial charge in [0, 0.05) is 37.9 Å². The van der Waals surface area contributed by atoms with Gasteiger partial charge in [0.15, 0.2) is 5.96 Å². The number of rotatable bonds is 6. The molecule has 0 fully saturated rings. The third-order valence-electron chi connectivity index (χ3n) is 4.64. The van der Waals surface area contributed by atoms with Crippen molar-refractivity contribution < 1.29 is 0 Å². The SMILES string of the molecule is CN=C(NCc1ccc(-n2cccn2)cc1)NCC(C)(C)c1ccccc1. The van der Waals surface area contributed by atoms with Gasteiger partial charge in [-0.1, -0.05) is 56.3 Å². The summed E-state index contributed by atoms with van der Waals surface area (Å²) in [4.78, 5) is 4.34. The zero-order valence-electron chi connectivity index (χ0n) is 16.2. The zero-order valence-corrected chi connectivity index (χ0v) is 16.2. The monoisotopic (exact) mass is 361 g/mol. The number of hydrogen-bond donors (Lipinski definition) is 2. The lowest BCUT2D eigenvalue weighted by atomic mass is 9.85. The molecule has 5 nitrogen and oxygen atoms in total. The average molecular weight is 361 g/mol. The molecule has 2 N–H and O–H groups in total. The molecule has 3 aromatic rings. The topological polar surface area (TPSA) is 54.2 Å². The minimum absolute atomic E-state index is 0.0181. The molecule has 0 aliphatic carbocycles. The summed E-state index contributed by atoms with van der Waals surface area (Å²) in [6.45, 7) is 5.98. The molecular weight excluding hydrogens is 334 g/mol. The van der Waals surface area contributed by atoms with E-state index in [1.807, 2.05) is 23.0 Å². The maximum Gasteiger partial charge on any atom is 0.191 e. The second kappa shape index (κ2) is 8.54. The van der Waals surface area contributed by atoms with Crippen LogP contribution < -0.4 is 10.6 Å². The summed E-state index contributed by atoms with van der Waals surface area (Å²) in [7, 11) is 1.80. The Morgan fingerprint density at radius 1 is 1.00 bits per heavy atom. The van der Waals surface area contributed by atoms with Crippen molar-refractivity contribution in [1.82, 2.24) is 20.4 Å². The van der Waals surface area contributed by atoms with Crippen LogP contribution in [-0.4, -0.2) is 29.3 Å². The molecule has 0 unspecified atom stereocenters. The van der Waals surface area contributed by atoms with Crippen LogP contribution in [0.15, 0.2) is 78.0 Å². The fourth-order valence-corrected chi connectivity index (χ4v) is 2.89. The number of nitrogens with zero attached hydrogens (tertiary/aromatic N) is 3. The molecule has 0 spiro atoms. The number of aliphatic imine (C=N–C) groups is 1. The molecule has 0 amide bonds. The van der Waals surface area contributed by atoms with E-state index < -0.39 is 0 Å². The summed E-state index contributed by atoms with van der Waals surface area (Å²) in [5.74, 6) is 0.801. The Kier molecular flexibility index (Phi) is 5.91. The van der Waals surface area contributed by atoms with Crippen molar-refractivity contribution in [3.63, 3.8) is 0 Å². The summed E-state index contributed by atoms with van der Waals surface area (Å²) < 4.78 is 1.85. The van der Waals surface area contributed by atoms with Gasteiger partial charge in [0.1, 0.15) is 0 Å². The Bertz CT molecular complexity index is 849. The van der Waals surface area contributed by atoms with E-state index in [4.69, 9.17) is 0 Å². The normalized spacial score (nSPS) is 12.0. The van der Waals surface area contributed by atoms with E-state index in [0.29, 0.717) is 6.54 Å². The average Bonchev–Trinajstić information content (AvgIpc) is 3.24. The third-order valence-corrected chi connectivity index (χ3v) is 4.64. The number of benzene rings is 2. The lowest BCUT2D eigenvalue weighted by Crippen LogP contribution is -2.43. The second-order valence-corrected chi connectivity index (χ2v) is 7.15. The van der Waals surface area contributed by atoms with Crippen LogP contribution in [0.5, 0.6) is 0 Å². The van der Waals surface area contributed by atoms with Gasteiger partial charge in [-0.15, -0.1) is 0 Å². The van der Waals surface area contributed by atoms with E-state index in [0.717, 1.165) is 18.2 Å². The highest BCUT2D eigenvalue weighted by atomic mass is 15.3. The van der Waals surface area contributed by atoms with Crippen LogP contribution in [0.2, 0.25) is 0 Å². The predicted octanol–water partition coefficient (Wildman–Crippen LogP) is 3.52. The first kappa shape index (κ1) is 18.7. The summed E-state index contributed by atoms with van der Waals surface area (Å²) in [6, 6.07) is 20.8. The standard InChI is InChI=1S/C22H27N5/c1-22(2,19-8-5-4-6-9-19)17-25-21(23-3)24-16-18-10-12-20(13-11-18)27-15-7-14-26-27/h4-15H,16-17H2,1-3H3,(H2,23,24,25). The highest BCUT2D eigenvalue weighted by Crippen LogP contribution is 2.21. The van der Waals surface area contributed by atoms with Crippen molar-refractivity contribution in [2.24, 2.45) is 4.99 Å². The molecule has 5 heteroatoms. The molecule has 0 atom stereocenters. The van der Waals surface area contributed by atoms with Gasteiger partial charge >= 0.3 is 0 Å². The fraction of sp³-hybridized carbons (Fsp3) is 0.273. The van der Waals surface area contributed by atoms with E-state index in [1.54, 1.807) is 13.2 Å². The maximum atomic E-state index is 4.34. The first-order chi connectivity index (χ1) is 13.1. The van der Waals surface area contributed by atoms with Crippen LogP contribution >= 0.6 is 0 Å². The van der Waals surface area contributed by atoms with Crippen LogP contribution in [0.4, 0.5) is 0 Å². The van der Waals surface area contributed by atoms with E-state index in [9.17, 15) is 0 Å². The Hall–Kier alpha value is -3.08. The lowest BCUT2D eigenvalue weighted by molar-refractivity contribution is 0.508. The van der Waals surface area contributed by atoms with Gasteiger partial charge in [0.25, 0.3) is 0 Å². The Morgan fingerprint density at radius 3 is 2.37 bits per heavy atom. The quantitative estimate of drug-likeness (QED) is 0.522. The largest absolute Gasteiger partial charge is 0.356 e. The molecule has 140 valence electrons. The number of aromatic nitrogens is 2. The molecular formula is C22H27N5. The van der Waals surface area contributed by atoms with Crippen molar-refractivity contribution in [3.8, 4) is 5.69 Å². The van der Waals surface area contributed by atoms with Gasteiger partial charge in [0.2, 0.25) is 0 Å². The molecule has 3 rings (SSSR count). The summed E-state index contributed by atoms with van der Waals surface area (Å²) in [5, 5.41) is 11.1. The predicted molar refractivity (Wildman–Crippen MR) is 111 cm³/mol. The van der Waals surface area contributed by atoms with E-state index >= 15 is 0 Å². The molecule has 27 heavy (non-hydrogen) atoms. The van der Waals surface area contributed by atoms with Crippen molar-refractivity contribution >= 4 is 5.96 Å². The van der Waals surface area contributed by atoms with Gasteiger partial charge in [-0.3, -0.25) is 4.99 Å². The molecule has 0 bridgehead atoms. The minimum atomic E-state index is 0.0181. The summed E-state index contributed by atoms with van der Waals surface area (Å²) in [5.41, 5.74) is 3.57. The third kappa shape index (κ3) is 4.97. The van der Waals surface area contributed by atoms with Gasteiger partial charge in [-0.2, -0.15) is 5.10 Å². The molecule has 0 radical (unpaired) electrons. The number of guanidine groups is 1. The molecule has 0 aliphatic heterocycles. The molecule has 0 saturated carbocycles. The van der Waals surface area contributed by atoms with Crippen LogP contribution in [0.1, 0.15) is 25.0 Å². The highest BCUT2D eigenvalue weighted by Gasteiger charge is 2.20. The minimum Gasteiger partial charge on any atom is -0.356 e. The van der Waals surface area contributed by atoms with Crippen LogP contribution in [0.25, 0.3) is 5.69 Å². The van der Waals surface area contributed by atoms with Crippen LogP contribution in [0.3, 0.4) is 0 Å². The van der Waals surface area contributed by atoms with Crippen molar-refractivity contribution in [1.29, 1.82) is 0 Å². The summed E-state index contributed by atoms with van der Waals surface area (Å²) >= 11 is 0. The van der Waals surface area contributed by atoms with Gasteiger partial charge in [-0.25, -0.2) is 4.68 Å². The van der Waals surface area contributed by atoms with Gasteiger partial charge in [0.05, 0.1) is 5.69 Å². The first-order valence-electron chi connectivity index (χ1n) is 9.17. The van der Waals surface area contributed by atoms with Gasteiger partial charge < -0.3 is 10.6 Å². The Balaban J connectivity index is 1.53. The molecule has 0 saturated heterocycles. The number of hydrogen-bond acceptors (Lipinski definition) is 2.